The van der Waals surface area contributed by atoms with Crippen LogP contribution < -0.4 is 5.32 Å². The molecule has 1 amide bonds. The maximum Gasteiger partial charge on any atom is 0.222 e. The first kappa shape index (κ1) is 15.4. The second kappa shape index (κ2) is 6.02. The molecule has 0 heterocycles. The fraction of sp³-hybridized carbons (Fsp3) is 0.929. The average Bonchev–Trinajstić information content (AvgIpc) is 2.60. The summed E-state index contributed by atoms with van der Waals surface area (Å²) in [4.78, 5) is 14.0. The minimum Gasteiger partial charge on any atom is -0.389 e. The van der Waals surface area contributed by atoms with Crippen LogP contribution in [0.5, 0.6) is 0 Å². The van der Waals surface area contributed by atoms with Crippen molar-refractivity contribution in [3.63, 3.8) is 0 Å². The largest absolute Gasteiger partial charge is 0.389 e. The maximum atomic E-state index is 11.9. The summed E-state index contributed by atoms with van der Waals surface area (Å²) in [7, 11) is 4.07. The molecule has 2 N–H and O–H groups in total. The lowest BCUT2D eigenvalue weighted by Crippen LogP contribution is -2.42. The molecular weight excluding hydrogens is 228 g/mol. The highest BCUT2D eigenvalue weighted by atomic mass is 16.3. The predicted octanol–water partition coefficient (Wildman–Crippen LogP) is 1.39. The van der Waals surface area contributed by atoms with Crippen molar-refractivity contribution in [3.05, 3.63) is 0 Å². The molecular formula is C14H28N2O2. The van der Waals surface area contributed by atoms with Gasteiger partial charge in [0.05, 0.1) is 12.0 Å². The normalized spacial score (nSPS) is 19.2. The second-order valence-electron chi connectivity index (χ2n) is 6.79. The Morgan fingerprint density at radius 1 is 1.33 bits per heavy atom. The van der Waals surface area contributed by atoms with Gasteiger partial charge >= 0.3 is 0 Å². The lowest BCUT2D eigenvalue weighted by Gasteiger charge is -2.29. The third-order valence-corrected chi connectivity index (χ3v) is 3.53. The van der Waals surface area contributed by atoms with E-state index < -0.39 is 5.60 Å². The highest BCUT2D eigenvalue weighted by Crippen LogP contribution is 2.32. The number of aliphatic hydroxyl groups is 1. The summed E-state index contributed by atoms with van der Waals surface area (Å²) in [5, 5.41) is 13.1. The molecule has 0 atom stereocenters. The van der Waals surface area contributed by atoms with Crippen LogP contribution in [0.1, 0.15) is 46.0 Å². The van der Waals surface area contributed by atoms with Gasteiger partial charge in [-0.25, -0.2) is 0 Å². The molecule has 0 aliphatic heterocycles. The van der Waals surface area contributed by atoms with E-state index in [1.54, 1.807) is 0 Å². The number of nitrogens with zero attached hydrogens (tertiary/aromatic N) is 1. The quantitative estimate of drug-likeness (QED) is 0.755. The zero-order chi connectivity index (χ0) is 13.8. The number of amides is 1. The molecule has 1 saturated carbocycles. The van der Waals surface area contributed by atoms with Crippen LogP contribution in [0.15, 0.2) is 0 Å². The Morgan fingerprint density at radius 3 is 2.39 bits per heavy atom. The van der Waals surface area contributed by atoms with Gasteiger partial charge in [0, 0.05) is 13.1 Å². The molecule has 0 bridgehead atoms. The van der Waals surface area contributed by atoms with E-state index in [2.05, 4.69) is 24.1 Å². The molecule has 4 heteroatoms. The lowest BCUT2D eigenvalue weighted by atomic mass is 9.92. The zero-order valence-electron chi connectivity index (χ0n) is 12.3. The summed E-state index contributed by atoms with van der Waals surface area (Å²) in [5.41, 5.74) is -0.687. The monoisotopic (exact) mass is 256 g/mol. The summed E-state index contributed by atoms with van der Waals surface area (Å²) in [6, 6.07) is 0. The molecule has 0 saturated heterocycles. The molecule has 0 aromatic heterocycles. The number of rotatable bonds is 6. The van der Waals surface area contributed by atoms with Gasteiger partial charge in [0.1, 0.15) is 0 Å². The fourth-order valence-electron chi connectivity index (χ4n) is 2.82. The fourth-order valence-corrected chi connectivity index (χ4v) is 2.82. The van der Waals surface area contributed by atoms with E-state index >= 15 is 0 Å². The van der Waals surface area contributed by atoms with E-state index in [1.807, 2.05) is 14.1 Å². The van der Waals surface area contributed by atoms with Crippen LogP contribution in [0.25, 0.3) is 0 Å². The Kier molecular flexibility index (Phi) is 5.17. The van der Waals surface area contributed by atoms with Crippen molar-refractivity contribution in [3.8, 4) is 0 Å². The van der Waals surface area contributed by atoms with E-state index in [9.17, 15) is 9.90 Å². The highest BCUT2D eigenvalue weighted by Gasteiger charge is 2.33. The van der Waals surface area contributed by atoms with Gasteiger partial charge < -0.3 is 15.3 Å². The van der Waals surface area contributed by atoms with Crippen molar-refractivity contribution in [1.29, 1.82) is 0 Å². The topological polar surface area (TPSA) is 52.6 Å². The SMILES string of the molecule is CN(C)CC(C)(C)CNC(=O)CC1(O)CCCC1. The molecule has 106 valence electrons. The van der Waals surface area contributed by atoms with Gasteiger partial charge in [-0.3, -0.25) is 4.79 Å². The van der Waals surface area contributed by atoms with Crippen molar-refractivity contribution < 1.29 is 9.90 Å². The lowest BCUT2D eigenvalue weighted by molar-refractivity contribution is -0.126. The number of nitrogens with one attached hydrogen (secondary N) is 1. The number of carbonyl (C=O) groups is 1. The van der Waals surface area contributed by atoms with Crippen molar-refractivity contribution in [2.24, 2.45) is 5.41 Å². The maximum absolute atomic E-state index is 11.9. The molecule has 1 aliphatic carbocycles. The molecule has 1 fully saturated rings. The molecule has 1 rings (SSSR count). The Morgan fingerprint density at radius 2 is 1.89 bits per heavy atom. The van der Waals surface area contributed by atoms with Crippen molar-refractivity contribution >= 4 is 5.91 Å². The van der Waals surface area contributed by atoms with Crippen LogP contribution >= 0.6 is 0 Å². The number of hydrogen-bond acceptors (Lipinski definition) is 3. The van der Waals surface area contributed by atoms with Gasteiger partial charge in [0.2, 0.25) is 5.91 Å². The summed E-state index contributed by atoms with van der Waals surface area (Å²) in [6.07, 6.45) is 3.86. The van der Waals surface area contributed by atoms with Crippen LogP contribution in [-0.2, 0) is 4.79 Å². The smallest absolute Gasteiger partial charge is 0.222 e. The average molecular weight is 256 g/mol. The highest BCUT2D eigenvalue weighted by molar-refractivity contribution is 5.77. The van der Waals surface area contributed by atoms with Gasteiger partial charge in [0.25, 0.3) is 0 Å². The Balaban J connectivity index is 2.32. The molecule has 0 spiro atoms. The van der Waals surface area contributed by atoms with Crippen LogP contribution in [0.4, 0.5) is 0 Å². The number of carbonyl (C=O) groups excluding carboxylic acids is 1. The second-order valence-corrected chi connectivity index (χ2v) is 6.79. The van der Waals surface area contributed by atoms with Crippen LogP contribution in [0, 0.1) is 5.41 Å². The van der Waals surface area contributed by atoms with Gasteiger partial charge in [0.15, 0.2) is 0 Å². The molecule has 0 radical (unpaired) electrons. The van der Waals surface area contributed by atoms with Crippen LogP contribution in [-0.4, -0.2) is 48.7 Å². The first-order valence-electron chi connectivity index (χ1n) is 6.86. The minimum absolute atomic E-state index is 0.0220. The van der Waals surface area contributed by atoms with Crippen LogP contribution in [0.2, 0.25) is 0 Å². The molecule has 4 nitrogen and oxygen atoms in total. The van der Waals surface area contributed by atoms with Gasteiger partial charge in [-0.05, 0) is 32.4 Å². The Bertz CT molecular complexity index is 282. The van der Waals surface area contributed by atoms with Crippen LogP contribution in [0.3, 0.4) is 0 Å². The molecule has 0 unspecified atom stereocenters. The van der Waals surface area contributed by atoms with E-state index in [-0.39, 0.29) is 17.7 Å². The Labute approximate surface area is 111 Å². The third kappa shape index (κ3) is 5.36. The van der Waals surface area contributed by atoms with E-state index in [0.717, 1.165) is 32.2 Å². The predicted molar refractivity (Wildman–Crippen MR) is 73.4 cm³/mol. The van der Waals surface area contributed by atoms with Gasteiger partial charge in [-0.2, -0.15) is 0 Å². The molecule has 0 aromatic rings. The third-order valence-electron chi connectivity index (χ3n) is 3.53. The molecule has 1 aliphatic rings. The van der Waals surface area contributed by atoms with E-state index in [4.69, 9.17) is 0 Å². The van der Waals surface area contributed by atoms with Crippen molar-refractivity contribution in [2.45, 2.75) is 51.6 Å². The first-order valence-corrected chi connectivity index (χ1v) is 6.86. The summed E-state index contributed by atoms with van der Waals surface area (Å²) in [6.45, 7) is 5.85. The zero-order valence-corrected chi connectivity index (χ0v) is 12.3. The number of hydrogen-bond donors (Lipinski definition) is 2. The van der Waals surface area contributed by atoms with Gasteiger partial charge in [-0.15, -0.1) is 0 Å². The Hall–Kier alpha value is -0.610. The van der Waals surface area contributed by atoms with Crippen molar-refractivity contribution in [1.82, 2.24) is 10.2 Å². The molecule has 0 aromatic carbocycles. The van der Waals surface area contributed by atoms with Crippen molar-refractivity contribution in [2.75, 3.05) is 27.2 Å². The standard InChI is InChI=1S/C14H28N2O2/c1-13(2,11-16(3)4)10-15-12(17)9-14(18)7-5-6-8-14/h18H,5-11H2,1-4H3,(H,15,17). The first-order chi connectivity index (χ1) is 8.22. The summed E-state index contributed by atoms with van der Waals surface area (Å²) in [5.74, 6) is -0.0220. The van der Waals surface area contributed by atoms with E-state index in [1.165, 1.54) is 0 Å². The van der Waals surface area contributed by atoms with Gasteiger partial charge in [-0.1, -0.05) is 26.7 Å². The summed E-state index contributed by atoms with van der Waals surface area (Å²) < 4.78 is 0. The minimum atomic E-state index is -0.740. The van der Waals surface area contributed by atoms with E-state index in [0.29, 0.717) is 6.54 Å². The molecule has 18 heavy (non-hydrogen) atoms. The summed E-state index contributed by atoms with van der Waals surface area (Å²) >= 11 is 0.